The summed E-state index contributed by atoms with van der Waals surface area (Å²) in [7, 11) is 0. The number of nitrogens with one attached hydrogen (secondary N) is 2. The van der Waals surface area contributed by atoms with E-state index in [0.717, 1.165) is 18.5 Å². The second-order valence-corrected chi connectivity index (χ2v) is 4.57. The molecule has 0 saturated heterocycles. The van der Waals surface area contributed by atoms with E-state index in [1.165, 1.54) is 6.07 Å². The summed E-state index contributed by atoms with van der Waals surface area (Å²) in [5.41, 5.74) is 1.08. The van der Waals surface area contributed by atoms with Gasteiger partial charge in [0.15, 0.2) is 0 Å². The molecule has 0 aliphatic carbocycles. The Labute approximate surface area is 121 Å². The highest BCUT2D eigenvalue weighted by Crippen LogP contribution is 2.22. The van der Waals surface area contributed by atoms with Gasteiger partial charge in [-0.15, -0.1) is 0 Å². The van der Waals surface area contributed by atoms with Gasteiger partial charge in [-0.1, -0.05) is 19.1 Å². The lowest BCUT2D eigenvalue weighted by molar-refractivity contribution is 0.630. The lowest BCUT2D eigenvalue weighted by Crippen LogP contribution is -2.08. The molecule has 1 aromatic carbocycles. The van der Waals surface area contributed by atoms with Crippen molar-refractivity contribution in [1.82, 2.24) is 15.0 Å². The van der Waals surface area contributed by atoms with Crippen LogP contribution in [0.1, 0.15) is 18.9 Å². The molecule has 0 radical (unpaired) electrons. The van der Waals surface area contributed by atoms with Crippen LogP contribution in [0.25, 0.3) is 0 Å². The summed E-state index contributed by atoms with van der Waals surface area (Å²) in [4.78, 5) is 12.1. The van der Waals surface area contributed by atoms with Crippen molar-refractivity contribution < 1.29 is 4.39 Å². The highest BCUT2D eigenvalue weighted by molar-refractivity contribution is 6.28. The molecule has 2 rings (SSSR count). The van der Waals surface area contributed by atoms with Crippen LogP contribution in [0.15, 0.2) is 18.2 Å². The molecule has 0 bridgehead atoms. The number of aryl methyl sites for hydroxylation is 1. The summed E-state index contributed by atoms with van der Waals surface area (Å²) in [5.74, 6) is 0.199. The van der Waals surface area contributed by atoms with Crippen molar-refractivity contribution in [2.75, 3.05) is 17.2 Å². The van der Waals surface area contributed by atoms with Gasteiger partial charge in [0.1, 0.15) is 5.82 Å². The fourth-order valence-corrected chi connectivity index (χ4v) is 1.78. The Kier molecular flexibility index (Phi) is 4.68. The molecule has 0 saturated carbocycles. The van der Waals surface area contributed by atoms with Gasteiger partial charge in [0, 0.05) is 6.54 Å². The minimum absolute atomic E-state index is 0.0510. The molecule has 0 aliphatic rings. The Hall–Kier alpha value is -1.95. The van der Waals surface area contributed by atoms with Gasteiger partial charge in [-0.2, -0.15) is 15.0 Å². The van der Waals surface area contributed by atoms with Crippen LogP contribution in [0, 0.1) is 12.7 Å². The first-order valence-electron chi connectivity index (χ1n) is 6.27. The number of halogens is 2. The van der Waals surface area contributed by atoms with E-state index in [4.69, 9.17) is 11.6 Å². The number of hydrogen-bond donors (Lipinski definition) is 2. The van der Waals surface area contributed by atoms with Crippen LogP contribution in [-0.2, 0) is 0 Å². The van der Waals surface area contributed by atoms with Gasteiger partial charge in [-0.05, 0) is 36.6 Å². The minimum Gasteiger partial charge on any atom is -0.354 e. The van der Waals surface area contributed by atoms with Crippen molar-refractivity contribution in [2.45, 2.75) is 20.3 Å². The average molecular weight is 296 g/mol. The predicted molar refractivity (Wildman–Crippen MR) is 78.0 cm³/mol. The molecule has 106 valence electrons. The fourth-order valence-electron chi connectivity index (χ4n) is 1.62. The standard InChI is InChI=1S/C13H15ClFN5/c1-3-7-16-12-18-11(14)19-13(20-12)17-10-8(2)5-4-6-9(10)15/h4-6H,3,7H2,1-2H3,(H2,16,17,18,19,20). The van der Waals surface area contributed by atoms with E-state index in [1.807, 2.05) is 6.92 Å². The molecule has 2 N–H and O–H groups in total. The highest BCUT2D eigenvalue weighted by atomic mass is 35.5. The summed E-state index contributed by atoms with van der Waals surface area (Å²) >= 11 is 5.84. The first-order valence-corrected chi connectivity index (χ1v) is 6.65. The van der Waals surface area contributed by atoms with Crippen molar-refractivity contribution >= 4 is 29.2 Å². The monoisotopic (exact) mass is 295 g/mol. The van der Waals surface area contributed by atoms with Crippen LogP contribution >= 0.6 is 11.6 Å². The smallest absolute Gasteiger partial charge is 0.233 e. The Balaban J connectivity index is 2.27. The maximum Gasteiger partial charge on any atom is 0.233 e. The van der Waals surface area contributed by atoms with E-state index in [0.29, 0.717) is 11.6 Å². The Morgan fingerprint density at radius 2 is 1.95 bits per heavy atom. The molecule has 0 atom stereocenters. The van der Waals surface area contributed by atoms with Gasteiger partial charge in [0.05, 0.1) is 5.69 Å². The normalized spacial score (nSPS) is 10.4. The third kappa shape index (κ3) is 3.54. The molecule has 0 amide bonds. The summed E-state index contributed by atoms with van der Waals surface area (Å²) in [6.45, 7) is 4.54. The number of benzene rings is 1. The Morgan fingerprint density at radius 1 is 1.20 bits per heavy atom. The Morgan fingerprint density at radius 3 is 2.65 bits per heavy atom. The van der Waals surface area contributed by atoms with Crippen LogP contribution in [0.4, 0.5) is 22.0 Å². The lowest BCUT2D eigenvalue weighted by atomic mass is 10.2. The lowest BCUT2D eigenvalue weighted by Gasteiger charge is -2.10. The largest absolute Gasteiger partial charge is 0.354 e. The zero-order valence-corrected chi connectivity index (χ0v) is 12.0. The van der Waals surface area contributed by atoms with Crippen LogP contribution in [0.5, 0.6) is 0 Å². The predicted octanol–water partition coefficient (Wildman–Crippen LogP) is 3.54. The van der Waals surface area contributed by atoms with Crippen LogP contribution in [0.3, 0.4) is 0 Å². The molecule has 0 fully saturated rings. The van der Waals surface area contributed by atoms with E-state index < -0.39 is 0 Å². The van der Waals surface area contributed by atoms with Gasteiger partial charge in [-0.3, -0.25) is 0 Å². The number of nitrogens with zero attached hydrogens (tertiary/aromatic N) is 3. The van der Waals surface area contributed by atoms with E-state index in [2.05, 4.69) is 25.6 Å². The molecule has 2 aromatic rings. The van der Waals surface area contributed by atoms with Crippen molar-refractivity contribution in [1.29, 1.82) is 0 Å². The maximum absolute atomic E-state index is 13.8. The minimum atomic E-state index is -0.371. The van der Waals surface area contributed by atoms with Gasteiger partial charge in [-0.25, -0.2) is 4.39 Å². The molecule has 0 unspecified atom stereocenters. The van der Waals surface area contributed by atoms with Crippen molar-refractivity contribution in [3.05, 3.63) is 34.9 Å². The molecular formula is C13H15ClFN5. The number of para-hydroxylation sites is 1. The third-order valence-corrected chi connectivity index (χ3v) is 2.77. The summed E-state index contributed by atoms with van der Waals surface area (Å²) in [6.07, 6.45) is 0.929. The molecule has 1 heterocycles. The second kappa shape index (κ2) is 6.47. The SMILES string of the molecule is CCCNc1nc(Cl)nc(Nc2c(C)cccc2F)n1. The van der Waals surface area contributed by atoms with Crippen LogP contribution in [-0.4, -0.2) is 21.5 Å². The zero-order valence-electron chi connectivity index (χ0n) is 11.2. The number of aromatic nitrogens is 3. The van der Waals surface area contributed by atoms with Gasteiger partial charge in [0.2, 0.25) is 17.2 Å². The molecule has 1 aromatic heterocycles. The summed E-state index contributed by atoms with van der Waals surface area (Å²) in [5, 5.41) is 5.90. The number of hydrogen-bond acceptors (Lipinski definition) is 5. The molecule has 20 heavy (non-hydrogen) atoms. The molecule has 7 heteroatoms. The summed E-state index contributed by atoms with van der Waals surface area (Å²) < 4.78 is 13.8. The first kappa shape index (κ1) is 14.5. The van der Waals surface area contributed by atoms with Gasteiger partial charge >= 0.3 is 0 Å². The maximum atomic E-state index is 13.8. The molecule has 0 aliphatic heterocycles. The second-order valence-electron chi connectivity index (χ2n) is 4.24. The van der Waals surface area contributed by atoms with Gasteiger partial charge in [0.25, 0.3) is 0 Å². The van der Waals surface area contributed by atoms with E-state index in [9.17, 15) is 4.39 Å². The molecule has 5 nitrogen and oxygen atoms in total. The van der Waals surface area contributed by atoms with Crippen molar-refractivity contribution in [2.24, 2.45) is 0 Å². The van der Waals surface area contributed by atoms with E-state index in [-0.39, 0.29) is 17.0 Å². The van der Waals surface area contributed by atoms with Crippen LogP contribution < -0.4 is 10.6 Å². The van der Waals surface area contributed by atoms with Gasteiger partial charge < -0.3 is 10.6 Å². The first-order chi connectivity index (χ1) is 9.60. The quantitative estimate of drug-likeness (QED) is 0.883. The molecule has 0 spiro atoms. The highest BCUT2D eigenvalue weighted by Gasteiger charge is 2.09. The van der Waals surface area contributed by atoms with Crippen molar-refractivity contribution in [3.63, 3.8) is 0 Å². The number of rotatable bonds is 5. The molecular weight excluding hydrogens is 281 g/mol. The average Bonchev–Trinajstić information content (AvgIpc) is 2.40. The third-order valence-electron chi connectivity index (χ3n) is 2.60. The Bertz CT molecular complexity index is 585. The zero-order chi connectivity index (χ0) is 14.5. The summed E-state index contributed by atoms with van der Waals surface area (Å²) in [6, 6.07) is 4.81. The fraction of sp³-hybridized carbons (Fsp3) is 0.308. The van der Waals surface area contributed by atoms with E-state index >= 15 is 0 Å². The van der Waals surface area contributed by atoms with E-state index in [1.54, 1.807) is 19.1 Å². The number of anilines is 3. The topological polar surface area (TPSA) is 62.7 Å². The van der Waals surface area contributed by atoms with Crippen molar-refractivity contribution in [3.8, 4) is 0 Å². The van der Waals surface area contributed by atoms with Crippen LogP contribution in [0.2, 0.25) is 5.28 Å².